The number of hydrogen-bond acceptors (Lipinski definition) is 6. The van der Waals surface area contributed by atoms with Gasteiger partial charge >= 0.3 is 0 Å². The van der Waals surface area contributed by atoms with Crippen molar-refractivity contribution in [2.75, 3.05) is 5.32 Å². The molecule has 0 bridgehead atoms. The van der Waals surface area contributed by atoms with Crippen molar-refractivity contribution in [3.05, 3.63) is 108 Å². The predicted octanol–water partition coefficient (Wildman–Crippen LogP) is 4.82. The Bertz CT molecular complexity index is 1680. The average molecular weight is 544 g/mol. The minimum Gasteiger partial charge on any atom is -0.464 e. The van der Waals surface area contributed by atoms with Gasteiger partial charge < -0.3 is 19.5 Å². The molecule has 0 atom stereocenters. The molecule has 0 aliphatic rings. The average Bonchev–Trinajstić information content (AvgIpc) is 3.60. The third-order valence-electron chi connectivity index (χ3n) is 6.00. The number of carbonyl (C=O) groups is 1. The Labute approximate surface area is 226 Å². The van der Waals surface area contributed by atoms with E-state index in [4.69, 9.17) is 4.42 Å². The van der Waals surface area contributed by atoms with Crippen LogP contribution < -0.4 is 15.4 Å². The van der Waals surface area contributed by atoms with Crippen molar-refractivity contribution in [2.45, 2.75) is 37.9 Å². The lowest BCUT2D eigenvalue weighted by Gasteiger charge is -2.15. The lowest BCUT2D eigenvalue weighted by atomic mass is 10.1. The third-order valence-corrected chi connectivity index (χ3v) is 7.64. The van der Waals surface area contributed by atoms with Crippen LogP contribution >= 0.6 is 0 Å². The zero-order valence-corrected chi connectivity index (χ0v) is 22.4. The van der Waals surface area contributed by atoms with E-state index in [1.54, 1.807) is 26.2 Å². The number of benzene rings is 2. The van der Waals surface area contributed by atoms with Crippen LogP contribution in [0.1, 0.15) is 35.5 Å². The Kier molecular flexibility index (Phi) is 7.49. The summed E-state index contributed by atoms with van der Waals surface area (Å²) in [6, 6.07) is 21.4. The predicted molar refractivity (Wildman–Crippen MR) is 150 cm³/mol. The van der Waals surface area contributed by atoms with E-state index in [0.29, 0.717) is 17.9 Å². The Balaban J connectivity index is 1.40. The number of hydrogen-bond donors (Lipinski definition) is 3. The molecule has 3 aromatic heterocycles. The lowest BCUT2D eigenvalue weighted by Crippen LogP contribution is -2.31. The van der Waals surface area contributed by atoms with Gasteiger partial charge in [-0.25, -0.2) is 18.1 Å². The summed E-state index contributed by atoms with van der Waals surface area (Å²) in [6.45, 7) is 4.07. The molecule has 1 amide bonds. The first-order valence-corrected chi connectivity index (χ1v) is 14.0. The van der Waals surface area contributed by atoms with Gasteiger partial charge in [-0.1, -0.05) is 30.3 Å². The number of carbonyl (C=O) groups excluding carboxylic acids is 1. The topological polar surface area (TPSA) is 118 Å². The number of rotatable bonds is 10. The number of fused-ring (bicyclic) bond motifs is 1. The number of aromatic nitrogens is 2. The molecule has 5 rings (SSSR count). The summed E-state index contributed by atoms with van der Waals surface area (Å²) in [4.78, 5) is 17.7. The SMILES string of the molecule is CC(C)NS(=O)(=O)c1cc(NCc2ccccc2-c2ccco2)cc(C(=O)NCc2cn3ccccc3n2)c1. The van der Waals surface area contributed by atoms with Gasteiger partial charge in [0.15, 0.2) is 0 Å². The summed E-state index contributed by atoms with van der Waals surface area (Å²) in [6.07, 6.45) is 5.34. The van der Waals surface area contributed by atoms with Crippen LogP contribution in [-0.2, 0) is 23.1 Å². The maximum Gasteiger partial charge on any atom is 0.251 e. The number of imidazole rings is 1. The van der Waals surface area contributed by atoms with Gasteiger partial charge in [0.25, 0.3) is 5.91 Å². The largest absolute Gasteiger partial charge is 0.464 e. The number of nitrogens with one attached hydrogen (secondary N) is 3. The van der Waals surface area contributed by atoms with E-state index in [-0.39, 0.29) is 23.0 Å². The molecule has 0 aliphatic carbocycles. The van der Waals surface area contributed by atoms with Crippen molar-refractivity contribution in [3.63, 3.8) is 0 Å². The molecule has 0 radical (unpaired) electrons. The maximum atomic E-state index is 13.2. The Morgan fingerprint density at radius 3 is 2.59 bits per heavy atom. The van der Waals surface area contributed by atoms with E-state index >= 15 is 0 Å². The molecular weight excluding hydrogens is 514 g/mol. The van der Waals surface area contributed by atoms with Crippen molar-refractivity contribution >= 4 is 27.3 Å². The van der Waals surface area contributed by atoms with Gasteiger partial charge in [-0.15, -0.1) is 0 Å². The fourth-order valence-corrected chi connectivity index (χ4v) is 5.58. The van der Waals surface area contributed by atoms with Crippen LogP contribution in [-0.4, -0.2) is 29.8 Å². The summed E-state index contributed by atoms with van der Waals surface area (Å²) < 4.78 is 36.1. The number of amides is 1. The van der Waals surface area contributed by atoms with Gasteiger partial charge in [0.2, 0.25) is 10.0 Å². The van der Waals surface area contributed by atoms with Gasteiger partial charge in [-0.2, -0.15) is 0 Å². The first kappa shape index (κ1) is 26.2. The molecule has 10 heteroatoms. The van der Waals surface area contributed by atoms with Gasteiger partial charge in [-0.05, 0) is 61.9 Å². The van der Waals surface area contributed by atoms with Gasteiger partial charge in [0.1, 0.15) is 11.4 Å². The van der Waals surface area contributed by atoms with E-state index < -0.39 is 15.9 Å². The molecule has 0 saturated heterocycles. The molecule has 200 valence electrons. The molecule has 0 unspecified atom stereocenters. The second-order valence-corrected chi connectivity index (χ2v) is 11.1. The molecule has 39 heavy (non-hydrogen) atoms. The van der Waals surface area contributed by atoms with Crippen molar-refractivity contribution < 1.29 is 17.6 Å². The molecule has 5 aromatic rings. The maximum absolute atomic E-state index is 13.2. The Morgan fingerprint density at radius 2 is 1.82 bits per heavy atom. The van der Waals surface area contributed by atoms with E-state index in [9.17, 15) is 13.2 Å². The smallest absolute Gasteiger partial charge is 0.251 e. The highest BCUT2D eigenvalue weighted by atomic mass is 32.2. The highest BCUT2D eigenvalue weighted by Gasteiger charge is 2.20. The fraction of sp³-hybridized carbons (Fsp3) is 0.172. The molecule has 0 spiro atoms. The molecule has 3 heterocycles. The number of sulfonamides is 1. The van der Waals surface area contributed by atoms with E-state index in [0.717, 1.165) is 22.5 Å². The normalized spacial score (nSPS) is 11.7. The van der Waals surface area contributed by atoms with E-state index in [2.05, 4.69) is 20.3 Å². The van der Waals surface area contributed by atoms with Crippen LogP contribution in [0.4, 0.5) is 5.69 Å². The highest BCUT2D eigenvalue weighted by molar-refractivity contribution is 7.89. The summed E-state index contributed by atoms with van der Waals surface area (Å²) in [5.74, 6) is 0.324. The van der Waals surface area contributed by atoms with Crippen LogP contribution in [0.3, 0.4) is 0 Å². The number of pyridine rings is 1. The summed E-state index contributed by atoms with van der Waals surface area (Å²) >= 11 is 0. The molecule has 0 saturated carbocycles. The van der Waals surface area contributed by atoms with Gasteiger partial charge in [0, 0.05) is 41.8 Å². The minimum atomic E-state index is -3.85. The standard InChI is InChI=1S/C29H29N5O4S/c1-20(2)33-39(36,37)25-15-22(29(35)31-18-24-19-34-12-6-5-11-28(34)32-24)14-23(16-25)30-17-21-8-3-4-9-26(21)27-10-7-13-38-27/h3-16,19-20,30,33H,17-18H2,1-2H3,(H,31,35). The molecule has 0 fully saturated rings. The molecule has 9 nitrogen and oxygen atoms in total. The van der Waals surface area contributed by atoms with Crippen LogP contribution in [0.5, 0.6) is 0 Å². The number of anilines is 1. The lowest BCUT2D eigenvalue weighted by molar-refractivity contribution is 0.0950. The summed E-state index contributed by atoms with van der Waals surface area (Å²) in [7, 11) is -3.85. The second kappa shape index (κ2) is 11.1. The van der Waals surface area contributed by atoms with E-state index in [1.165, 1.54) is 12.1 Å². The van der Waals surface area contributed by atoms with Crippen molar-refractivity contribution in [1.29, 1.82) is 0 Å². The van der Waals surface area contributed by atoms with Crippen molar-refractivity contribution in [2.24, 2.45) is 0 Å². The third kappa shape index (κ3) is 6.19. The Hall–Kier alpha value is -4.41. The zero-order valence-electron chi connectivity index (χ0n) is 21.6. The van der Waals surface area contributed by atoms with Gasteiger partial charge in [-0.3, -0.25) is 4.79 Å². The van der Waals surface area contributed by atoms with Crippen molar-refractivity contribution in [1.82, 2.24) is 19.4 Å². The summed E-state index contributed by atoms with van der Waals surface area (Å²) in [5, 5.41) is 6.14. The molecular formula is C29H29N5O4S. The van der Waals surface area contributed by atoms with Crippen molar-refractivity contribution in [3.8, 4) is 11.3 Å². The first-order valence-electron chi connectivity index (χ1n) is 12.5. The molecule has 0 aliphatic heterocycles. The second-order valence-electron chi connectivity index (χ2n) is 9.39. The quantitative estimate of drug-likeness (QED) is 0.232. The number of nitrogens with zero attached hydrogens (tertiary/aromatic N) is 2. The number of furan rings is 1. The molecule has 3 N–H and O–H groups in total. The van der Waals surface area contributed by atoms with Crippen LogP contribution in [0.25, 0.3) is 17.0 Å². The molecule has 2 aromatic carbocycles. The zero-order chi connectivity index (χ0) is 27.4. The highest BCUT2D eigenvalue weighted by Crippen LogP contribution is 2.26. The van der Waals surface area contributed by atoms with Gasteiger partial charge in [0.05, 0.1) is 23.4 Å². The monoisotopic (exact) mass is 543 g/mol. The van der Waals surface area contributed by atoms with Crippen LogP contribution in [0, 0.1) is 0 Å². The fourth-order valence-electron chi connectivity index (χ4n) is 4.25. The van der Waals surface area contributed by atoms with Crippen LogP contribution in [0.15, 0.2) is 101 Å². The summed E-state index contributed by atoms with van der Waals surface area (Å²) in [5.41, 5.74) is 4.05. The Morgan fingerprint density at radius 1 is 1.00 bits per heavy atom. The first-order chi connectivity index (χ1) is 18.8. The van der Waals surface area contributed by atoms with Crippen LogP contribution in [0.2, 0.25) is 0 Å². The minimum absolute atomic E-state index is 0.00148. The van der Waals surface area contributed by atoms with E-state index in [1.807, 2.05) is 71.4 Å².